The van der Waals surface area contributed by atoms with Gasteiger partial charge in [0.25, 0.3) is 0 Å². The van der Waals surface area contributed by atoms with Gasteiger partial charge in [0.1, 0.15) is 17.9 Å². The standard InChI is InChI=1S/C32H44N6O/c1-22(2)27-17-26(18-28(19-27)23(3)4)10-11-29(31-24(5)35-21-36-32(31)33)34-14-12-25-13-16-38(20-25)30(39)9-8-15-37(6)7/h8-9,17-19,21-23,25H,12-16,20H2,1-7H3,(H2,33,35,36)/b9-8+,34-29-/t25-/m0/s1. The molecule has 1 amide bonds. The summed E-state index contributed by atoms with van der Waals surface area (Å²) in [6.07, 6.45) is 6.94. The molecule has 1 fully saturated rings. The lowest BCUT2D eigenvalue weighted by Gasteiger charge is -2.14. The van der Waals surface area contributed by atoms with Gasteiger partial charge in [-0.05, 0) is 80.8 Å². The number of benzene rings is 1. The zero-order chi connectivity index (χ0) is 28.5. The van der Waals surface area contributed by atoms with Crippen LogP contribution in [0.5, 0.6) is 0 Å². The number of rotatable bonds is 9. The number of carbonyl (C=O) groups excluding carboxylic acids is 1. The van der Waals surface area contributed by atoms with E-state index in [1.165, 1.54) is 17.5 Å². The first-order valence-electron chi connectivity index (χ1n) is 13.9. The second kappa shape index (κ2) is 14.0. The first kappa shape index (κ1) is 30.0. The summed E-state index contributed by atoms with van der Waals surface area (Å²) in [7, 11) is 3.98. The van der Waals surface area contributed by atoms with E-state index in [1.54, 1.807) is 6.08 Å². The van der Waals surface area contributed by atoms with Crippen molar-refractivity contribution in [1.82, 2.24) is 19.8 Å². The lowest BCUT2D eigenvalue weighted by molar-refractivity contribution is -0.125. The number of carbonyl (C=O) groups is 1. The van der Waals surface area contributed by atoms with Gasteiger partial charge in [-0.15, -0.1) is 0 Å². The van der Waals surface area contributed by atoms with Crippen LogP contribution in [0.4, 0.5) is 5.82 Å². The Balaban J connectivity index is 1.80. The first-order chi connectivity index (χ1) is 18.5. The van der Waals surface area contributed by atoms with E-state index in [1.807, 2.05) is 36.9 Å². The fourth-order valence-corrected chi connectivity index (χ4v) is 4.61. The fraction of sp³-hybridized carbons (Fsp3) is 0.500. The number of aliphatic imine (C=N–C) groups is 1. The van der Waals surface area contributed by atoms with Gasteiger partial charge in [0.15, 0.2) is 0 Å². The number of nitrogens with two attached hydrogens (primary N) is 1. The number of hydrogen-bond donors (Lipinski definition) is 1. The summed E-state index contributed by atoms with van der Waals surface area (Å²) in [6.45, 7) is 13.6. The van der Waals surface area contributed by atoms with Crippen molar-refractivity contribution in [3.8, 4) is 11.8 Å². The molecule has 1 aromatic carbocycles. The van der Waals surface area contributed by atoms with Crippen LogP contribution in [0.2, 0.25) is 0 Å². The zero-order valence-electron chi connectivity index (χ0n) is 24.7. The van der Waals surface area contributed by atoms with Crippen LogP contribution in [-0.4, -0.2) is 71.7 Å². The number of aromatic nitrogens is 2. The monoisotopic (exact) mass is 528 g/mol. The third-order valence-electron chi connectivity index (χ3n) is 7.07. The highest BCUT2D eigenvalue weighted by atomic mass is 16.2. The molecule has 7 heteroatoms. The number of hydrogen-bond acceptors (Lipinski definition) is 6. The predicted molar refractivity (Wildman–Crippen MR) is 161 cm³/mol. The zero-order valence-corrected chi connectivity index (χ0v) is 24.7. The third-order valence-corrected chi connectivity index (χ3v) is 7.07. The molecule has 0 saturated carbocycles. The molecule has 0 spiro atoms. The number of likely N-dealkylation sites (N-methyl/N-ethyl adjacent to an activating group) is 1. The van der Waals surface area contributed by atoms with Crippen LogP contribution in [0.25, 0.3) is 0 Å². The number of likely N-dealkylation sites (tertiary alicyclic amines) is 1. The van der Waals surface area contributed by atoms with E-state index < -0.39 is 0 Å². The fourth-order valence-electron chi connectivity index (χ4n) is 4.61. The smallest absolute Gasteiger partial charge is 0.246 e. The molecule has 2 aromatic rings. The minimum absolute atomic E-state index is 0.0867. The van der Waals surface area contributed by atoms with Crippen molar-refractivity contribution < 1.29 is 4.79 Å². The number of nitrogens with zero attached hydrogens (tertiary/aromatic N) is 5. The maximum atomic E-state index is 12.5. The summed E-state index contributed by atoms with van der Waals surface area (Å²) in [6, 6.07) is 6.60. The van der Waals surface area contributed by atoms with E-state index in [-0.39, 0.29) is 5.91 Å². The van der Waals surface area contributed by atoms with Crippen molar-refractivity contribution in [3.05, 3.63) is 64.6 Å². The van der Waals surface area contributed by atoms with Crippen molar-refractivity contribution in [2.24, 2.45) is 10.9 Å². The molecule has 0 unspecified atom stereocenters. The van der Waals surface area contributed by atoms with Crippen LogP contribution >= 0.6 is 0 Å². The summed E-state index contributed by atoms with van der Waals surface area (Å²) in [5.74, 6) is 8.39. The van der Waals surface area contributed by atoms with Gasteiger partial charge in [0, 0.05) is 37.8 Å². The normalized spacial score (nSPS) is 16.0. The predicted octanol–water partition coefficient (Wildman–Crippen LogP) is 4.81. The van der Waals surface area contributed by atoms with E-state index in [0.29, 0.717) is 41.4 Å². The van der Waals surface area contributed by atoms with Gasteiger partial charge < -0.3 is 15.5 Å². The highest BCUT2D eigenvalue weighted by molar-refractivity contribution is 6.16. The molecule has 0 radical (unpaired) electrons. The summed E-state index contributed by atoms with van der Waals surface area (Å²) in [4.78, 5) is 29.9. The number of anilines is 1. The van der Waals surface area contributed by atoms with E-state index in [9.17, 15) is 4.79 Å². The highest BCUT2D eigenvalue weighted by Gasteiger charge is 2.24. The van der Waals surface area contributed by atoms with Gasteiger partial charge in [-0.1, -0.05) is 45.8 Å². The lowest BCUT2D eigenvalue weighted by Crippen LogP contribution is -2.27. The quantitative estimate of drug-likeness (QED) is 0.287. The van der Waals surface area contributed by atoms with E-state index in [2.05, 4.69) is 67.7 Å². The number of aryl methyl sites for hydroxylation is 1. The Hall–Kier alpha value is -3.50. The second-order valence-corrected chi connectivity index (χ2v) is 11.3. The Morgan fingerprint density at radius 1 is 1.18 bits per heavy atom. The molecule has 1 saturated heterocycles. The van der Waals surface area contributed by atoms with Crippen molar-refractivity contribution >= 4 is 17.4 Å². The Kier molecular flexibility index (Phi) is 10.8. The van der Waals surface area contributed by atoms with Gasteiger partial charge in [-0.2, -0.15) is 0 Å². The topological polar surface area (TPSA) is 87.7 Å². The van der Waals surface area contributed by atoms with E-state index in [4.69, 9.17) is 10.7 Å². The second-order valence-electron chi connectivity index (χ2n) is 11.3. The third kappa shape index (κ3) is 8.76. The van der Waals surface area contributed by atoms with E-state index >= 15 is 0 Å². The maximum Gasteiger partial charge on any atom is 0.246 e. The van der Waals surface area contributed by atoms with Gasteiger partial charge in [-0.3, -0.25) is 9.79 Å². The largest absolute Gasteiger partial charge is 0.383 e. The Bertz CT molecular complexity index is 1220. The number of nitrogen functional groups attached to an aromatic ring is 1. The molecule has 0 aliphatic carbocycles. The molecule has 1 aromatic heterocycles. The van der Waals surface area contributed by atoms with Gasteiger partial charge in [0.2, 0.25) is 5.91 Å². The molecule has 1 aliphatic heterocycles. The molecule has 208 valence electrons. The summed E-state index contributed by atoms with van der Waals surface area (Å²) >= 11 is 0. The van der Waals surface area contributed by atoms with Crippen molar-refractivity contribution in [2.75, 3.05) is 46.0 Å². The molecule has 2 heterocycles. The minimum Gasteiger partial charge on any atom is -0.383 e. The Morgan fingerprint density at radius 2 is 1.87 bits per heavy atom. The van der Waals surface area contributed by atoms with Gasteiger partial charge >= 0.3 is 0 Å². The first-order valence-corrected chi connectivity index (χ1v) is 13.9. The number of amides is 1. The SMILES string of the molecule is Cc1ncnc(N)c1/C(C#Cc1cc(C(C)C)cc(C(C)C)c1)=N\CC[C@H]1CCN(C(=O)/C=C/CN(C)C)C1. The molecule has 39 heavy (non-hydrogen) atoms. The molecule has 1 atom stereocenters. The molecule has 1 aliphatic rings. The average Bonchev–Trinajstić information content (AvgIpc) is 3.35. The Labute approximate surface area is 234 Å². The highest BCUT2D eigenvalue weighted by Crippen LogP contribution is 2.24. The summed E-state index contributed by atoms with van der Waals surface area (Å²) in [5, 5.41) is 0. The van der Waals surface area contributed by atoms with Crippen molar-refractivity contribution in [2.45, 2.75) is 59.3 Å². The molecule has 3 rings (SSSR count). The molecular formula is C32H44N6O. The summed E-state index contributed by atoms with van der Waals surface area (Å²) < 4.78 is 0. The Morgan fingerprint density at radius 3 is 2.49 bits per heavy atom. The van der Waals surface area contributed by atoms with Crippen molar-refractivity contribution in [1.29, 1.82) is 0 Å². The summed E-state index contributed by atoms with van der Waals surface area (Å²) in [5.41, 5.74) is 11.9. The van der Waals surface area contributed by atoms with Crippen LogP contribution in [0, 0.1) is 24.7 Å². The molecule has 0 bridgehead atoms. The van der Waals surface area contributed by atoms with Crippen LogP contribution < -0.4 is 5.73 Å². The maximum absolute atomic E-state index is 12.5. The molecule has 7 nitrogen and oxygen atoms in total. The lowest BCUT2D eigenvalue weighted by atomic mass is 9.93. The average molecular weight is 529 g/mol. The minimum atomic E-state index is 0.0867. The van der Waals surface area contributed by atoms with Crippen molar-refractivity contribution in [3.63, 3.8) is 0 Å². The van der Waals surface area contributed by atoms with Crippen LogP contribution in [0.15, 0.2) is 41.7 Å². The van der Waals surface area contributed by atoms with Crippen LogP contribution in [0.1, 0.15) is 80.3 Å². The van der Waals surface area contributed by atoms with Gasteiger partial charge in [-0.25, -0.2) is 9.97 Å². The van der Waals surface area contributed by atoms with Gasteiger partial charge in [0.05, 0.1) is 11.3 Å². The molecule has 2 N–H and O–H groups in total. The molecular weight excluding hydrogens is 484 g/mol. The van der Waals surface area contributed by atoms with Crippen LogP contribution in [0.3, 0.4) is 0 Å². The van der Waals surface area contributed by atoms with E-state index in [0.717, 1.165) is 43.7 Å². The van der Waals surface area contributed by atoms with Crippen LogP contribution in [-0.2, 0) is 4.79 Å².